The van der Waals surface area contributed by atoms with Crippen LogP contribution in [0, 0.1) is 0 Å². The molecule has 0 aromatic carbocycles. The lowest BCUT2D eigenvalue weighted by Gasteiger charge is -2.31. The van der Waals surface area contributed by atoms with Gasteiger partial charge in [0.1, 0.15) is 0 Å². The third kappa shape index (κ3) is 1.83. The molecule has 0 N–H and O–H groups in total. The first-order valence-corrected chi connectivity index (χ1v) is 4.12. The van der Waals surface area contributed by atoms with Gasteiger partial charge in [-0.3, -0.25) is 0 Å². The summed E-state index contributed by atoms with van der Waals surface area (Å²) in [6.07, 6.45) is -11.6. The van der Waals surface area contributed by atoms with Crippen LogP contribution in [0.5, 0.6) is 0 Å². The molecule has 1 aliphatic carbocycles. The smallest absolute Gasteiger partial charge is 0.219 e. The summed E-state index contributed by atoms with van der Waals surface area (Å²) in [7, 11) is 0. The van der Waals surface area contributed by atoms with E-state index >= 15 is 0 Å². The molecule has 15 heavy (non-hydrogen) atoms. The Morgan fingerprint density at radius 1 is 0.867 bits per heavy atom. The molecule has 0 saturated carbocycles. The lowest BCUT2D eigenvalue weighted by atomic mass is 9.93. The Kier molecular flexibility index (Phi) is 2.78. The van der Waals surface area contributed by atoms with Crippen molar-refractivity contribution in [1.29, 1.82) is 0 Å². The van der Waals surface area contributed by atoms with E-state index in [2.05, 4.69) is 0 Å². The van der Waals surface area contributed by atoms with E-state index in [9.17, 15) is 30.7 Å². The van der Waals surface area contributed by atoms with Gasteiger partial charge >= 0.3 is 18.0 Å². The molecular formula is C8H7F7. The second-order valence-corrected chi connectivity index (χ2v) is 3.28. The van der Waals surface area contributed by atoms with Gasteiger partial charge < -0.3 is 0 Å². The van der Waals surface area contributed by atoms with Crippen LogP contribution in [-0.2, 0) is 0 Å². The summed E-state index contributed by atoms with van der Waals surface area (Å²) >= 11 is 0. The van der Waals surface area contributed by atoms with Gasteiger partial charge in [0.05, 0.1) is 0 Å². The zero-order valence-corrected chi connectivity index (χ0v) is 7.34. The first-order chi connectivity index (χ1) is 6.61. The van der Waals surface area contributed by atoms with Crippen LogP contribution >= 0.6 is 0 Å². The summed E-state index contributed by atoms with van der Waals surface area (Å²) < 4.78 is 85.9. The van der Waals surface area contributed by atoms with Gasteiger partial charge in [0.25, 0.3) is 0 Å². The third-order valence-electron chi connectivity index (χ3n) is 2.26. The van der Waals surface area contributed by atoms with Gasteiger partial charge in [0.2, 0.25) is 0 Å². The maximum atomic E-state index is 13.2. The van der Waals surface area contributed by atoms with Gasteiger partial charge in [-0.25, -0.2) is 4.39 Å². The number of hydrogen-bond acceptors (Lipinski definition) is 0. The van der Waals surface area contributed by atoms with E-state index < -0.39 is 30.0 Å². The zero-order chi connectivity index (χ0) is 11.9. The largest absolute Gasteiger partial charge is 0.435 e. The van der Waals surface area contributed by atoms with Crippen LogP contribution in [-0.4, -0.2) is 18.0 Å². The van der Waals surface area contributed by atoms with Crippen molar-refractivity contribution in [2.45, 2.75) is 37.3 Å². The molecule has 0 saturated heterocycles. The van der Waals surface area contributed by atoms with Crippen molar-refractivity contribution in [2.24, 2.45) is 0 Å². The van der Waals surface area contributed by atoms with Gasteiger partial charge in [0.15, 0.2) is 0 Å². The summed E-state index contributed by atoms with van der Waals surface area (Å²) in [5.74, 6) is 0. The van der Waals surface area contributed by atoms with Crippen LogP contribution in [0.3, 0.4) is 0 Å². The molecule has 0 aromatic rings. The molecule has 0 nitrogen and oxygen atoms in total. The van der Waals surface area contributed by atoms with Gasteiger partial charge in [-0.15, -0.1) is 0 Å². The van der Waals surface area contributed by atoms with Crippen molar-refractivity contribution in [3.63, 3.8) is 0 Å². The zero-order valence-electron chi connectivity index (χ0n) is 7.34. The highest BCUT2D eigenvalue weighted by Crippen LogP contribution is 2.52. The molecule has 0 amide bonds. The molecule has 0 radical (unpaired) electrons. The van der Waals surface area contributed by atoms with Gasteiger partial charge in [-0.2, -0.15) is 26.3 Å². The van der Waals surface area contributed by atoms with Gasteiger partial charge in [-0.05, 0) is 24.8 Å². The first-order valence-electron chi connectivity index (χ1n) is 4.12. The number of alkyl halides is 7. The SMILES string of the molecule is FC(F)(F)C(F)(C1=CCCC1)C(F)(F)F. The van der Waals surface area contributed by atoms with E-state index in [1.165, 1.54) is 0 Å². The summed E-state index contributed by atoms with van der Waals surface area (Å²) in [5.41, 5.74) is -6.40. The summed E-state index contributed by atoms with van der Waals surface area (Å²) in [6.45, 7) is 0. The third-order valence-corrected chi connectivity index (χ3v) is 2.26. The second-order valence-electron chi connectivity index (χ2n) is 3.28. The molecule has 0 aliphatic heterocycles. The Labute approximate surface area is 80.8 Å². The number of allylic oxidation sites excluding steroid dienone is 2. The Morgan fingerprint density at radius 2 is 1.33 bits per heavy atom. The highest BCUT2D eigenvalue weighted by molar-refractivity contribution is 5.26. The minimum atomic E-state index is -5.96. The molecule has 0 spiro atoms. The Morgan fingerprint density at radius 3 is 1.60 bits per heavy atom. The lowest BCUT2D eigenvalue weighted by Crippen LogP contribution is -2.54. The van der Waals surface area contributed by atoms with Crippen molar-refractivity contribution in [3.8, 4) is 0 Å². The van der Waals surface area contributed by atoms with E-state index in [0.29, 0.717) is 6.08 Å². The highest BCUT2D eigenvalue weighted by atomic mass is 19.4. The standard InChI is InChI=1S/C8H7F7/c9-6(7(10,11)12,8(13,14)15)5-3-1-2-4-5/h3H,1-2,4H2. The van der Waals surface area contributed by atoms with E-state index in [-0.39, 0.29) is 12.8 Å². The van der Waals surface area contributed by atoms with Crippen molar-refractivity contribution in [1.82, 2.24) is 0 Å². The molecule has 0 aromatic heterocycles. The minimum Gasteiger partial charge on any atom is -0.219 e. The van der Waals surface area contributed by atoms with Crippen LogP contribution in [0.25, 0.3) is 0 Å². The molecule has 0 atom stereocenters. The fraction of sp³-hybridized carbons (Fsp3) is 0.750. The second kappa shape index (κ2) is 3.38. The molecule has 0 heterocycles. The van der Waals surface area contributed by atoms with E-state index in [1.54, 1.807) is 0 Å². The molecule has 7 heteroatoms. The van der Waals surface area contributed by atoms with Crippen LogP contribution in [0.2, 0.25) is 0 Å². The molecule has 88 valence electrons. The summed E-state index contributed by atoms with van der Waals surface area (Å²) in [5, 5.41) is 0. The summed E-state index contributed by atoms with van der Waals surface area (Å²) in [4.78, 5) is 0. The van der Waals surface area contributed by atoms with Crippen LogP contribution in [0.1, 0.15) is 19.3 Å². The van der Waals surface area contributed by atoms with Crippen LogP contribution < -0.4 is 0 Å². The Bertz CT molecular complexity index is 256. The first kappa shape index (κ1) is 12.3. The average molecular weight is 236 g/mol. The fourth-order valence-corrected chi connectivity index (χ4v) is 1.51. The Balaban J connectivity index is 3.19. The van der Waals surface area contributed by atoms with E-state index in [1.807, 2.05) is 0 Å². The van der Waals surface area contributed by atoms with Gasteiger partial charge in [0, 0.05) is 0 Å². The van der Waals surface area contributed by atoms with Crippen molar-refractivity contribution < 1.29 is 30.7 Å². The maximum absolute atomic E-state index is 13.2. The van der Waals surface area contributed by atoms with Crippen molar-refractivity contribution in [3.05, 3.63) is 11.6 Å². The predicted octanol–water partition coefficient (Wildman–Crippen LogP) is 3.93. The van der Waals surface area contributed by atoms with E-state index in [0.717, 1.165) is 0 Å². The topological polar surface area (TPSA) is 0 Å². The average Bonchev–Trinajstić information content (AvgIpc) is 2.49. The Hall–Kier alpha value is -0.750. The molecular weight excluding hydrogens is 229 g/mol. The van der Waals surface area contributed by atoms with E-state index in [4.69, 9.17) is 0 Å². The minimum absolute atomic E-state index is 0.0488. The monoisotopic (exact) mass is 236 g/mol. The lowest BCUT2D eigenvalue weighted by molar-refractivity contribution is -0.326. The molecule has 1 rings (SSSR count). The fourth-order valence-electron chi connectivity index (χ4n) is 1.51. The number of halogens is 7. The van der Waals surface area contributed by atoms with Crippen LogP contribution in [0.15, 0.2) is 11.6 Å². The molecule has 1 aliphatic rings. The normalized spacial score (nSPS) is 19.3. The molecule has 0 unspecified atom stereocenters. The maximum Gasteiger partial charge on any atom is 0.435 e. The van der Waals surface area contributed by atoms with Crippen LogP contribution in [0.4, 0.5) is 30.7 Å². The molecule has 0 bridgehead atoms. The highest BCUT2D eigenvalue weighted by Gasteiger charge is 2.74. The number of hydrogen-bond donors (Lipinski definition) is 0. The predicted molar refractivity (Wildman–Crippen MR) is 37.9 cm³/mol. The van der Waals surface area contributed by atoms with Crippen molar-refractivity contribution in [2.75, 3.05) is 0 Å². The molecule has 0 fully saturated rings. The number of rotatable bonds is 1. The quantitative estimate of drug-likeness (QED) is 0.478. The van der Waals surface area contributed by atoms with Crippen molar-refractivity contribution >= 4 is 0 Å². The summed E-state index contributed by atoms with van der Waals surface area (Å²) in [6, 6.07) is 0. The van der Waals surface area contributed by atoms with Gasteiger partial charge in [-0.1, -0.05) is 6.08 Å².